The van der Waals surface area contributed by atoms with Crippen LogP contribution in [0.2, 0.25) is 0 Å². The summed E-state index contributed by atoms with van der Waals surface area (Å²) in [6.07, 6.45) is 6.20. The van der Waals surface area contributed by atoms with Gasteiger partial charge in [-0.3, -0.25) is 9.59 Å². The predicted molar refractivity (Wildman–Crippen MR) is 87.4 cm³/mol. The quantitative estimate of drug-likeness (QED) is 0.580. The largest absolute Gasteiger partial charge is 0.427 e. The SMILES string of the molecule is CC(=O)Oc1ccc2c(c1)CC[C@@H]1[C@H]3CCC(=O)[C@@]3(C)CC[C@@H]21. The van der Waals surface area contributed by atoms with Crippen LogP contribution in [0.4, 0.5) is 0 Å². The first-order chi connectivity index (χ1) is 11.0. The molecule has 0 bridgehead atoms. The lowest BCUT2D eigenvalue weighted by molar-refractivity contribution is -0.132. The molecule has 2 saturated carbocycles. The third kappa shape index (κ3) is 2.24. The molecular formula is C20H24O3. The van der Waals surface area contributed by atoms with E-state index >= 15 is 0 Å². The molecule has 122 valence electrons. The molecule has 2 fully saturated rings. The minimum Gasteiger partial charge on any atom is -0.427 e. The van der Waals surface area contributed by atoms with Gasteiger partial charge in [-0.15, -0.1) is 0 Å². The fourth-order valence-corrected chi connectivity index (χ4v) is 5.56. The highest BCUT2D eigenvalue weighted by molar-refractivity contribution is 5.87. The van der Waals surface area contributed by atoms with Crippen molar-refractivity contribution in [2.75, 3.05) is 0 Å². The Morgan fingerprint density at radius 2 is 2.04 bits per heavy atom. The van der Waals surface area contributed by atoms with Crippen molar-refractivity contribution in [3.63, 3.8) is 0 Å². The number of hydrogen-bond donors (Lipinski definition) is 0. The van der Waals surface area contributed by atoms with Crippen molar-refractivity contribution in [1.29, 1.82) is 0 Å². The minimum absolute atomic E-state index is 0.0592. The molecule has 0 unspecified atom stereocenters. The molecule has 0 saturated heterocycles. The Morgan fingerprint density at radius 1 is 1.22 bits per heavy atom. The van der Waals surface area contributed by atoms with Crippen LogP contribution in [0.5, 0.6) is 5.75 Å². The Bertz CT molecular complexity index is 677. The highest BCUT2D eigenvalue weighted by Gasteiger charge is 2.54. The second-order valence-electron chi connectivity index (χ2n) is 7.79. The zero-order valence-corrected chi connectivity index (χ0v) is 13.9. The lowest BCUT2D eigenvalue weighted by Gasteiger charge is -2.48. The van der Waals surface area contributed by atoms with E-state index in [2.05, 4.69) is 13.0 Å². The Kier molecular flexibility index (Phi) is 3.36. The molecule has 3 heteroatoms. The van der Waals surface area contributed by atoms with Gasteiger partial charge in [0.2, 0.25) is 0 Å². The molecule has 0 spiro atoms. The third-order valence-corrected chi connectivity index (χ3v) is 6.67. The fraction of sp³-hybridized carbons (Fsp3) is 0.600. The first kappa shape index (κ1) is 14.9. The molecule has 0 heterocycles. The number of carbonyl (C=O) groups excluding carboxylic acids is 2. The Labute approximate surface area is 137 Å². The summed E-state index contributed by atoms with van der Waals surface area (Å²) >= 11 is 0. The lowest BCUT2D eigenvalue weighted by atomic mass is 9.55. The molecule has 23 heavy (non-hydrogen) atoms. The lowest BCUT2D eigenvalue weighted by Crippen LogP contribution is -2.42. The van der Waals surface area contributed by atoms with E-state index in [0.29, 0.717) is 29.3 Å². The number of carbonyl (C=O) groups is 2. The van der Waals surface area contributed by atoms with Crippen molar-refractivity contribution < 1.29 is 14.3 Å². The van der Waals surface area contributed by atoms with Gasteiger partial charge in [-0.1, -0.05) is 13.0 Å². The number of esters is 1. The van der Waals surface area contributed by atoms with E-state index in [9.17, 15) is 9.59 Å². The van der Waals surface area contributed by atoms with Gasteiger partial charge in [0.05, 0.1) is 0 Å². The van der Waals surface area contributed by atoms with Crippen LogP contribution >= 0.6 is 0 Å². The molecule has 3 aliphatic carbocycles. The van der Waals surface area contributed by atoms with E-state index in [1.54, 1.807) is 0 Å². The number of rotatable bonds is 1. The van der Waals surface area contributed by atoms with Gasteiger partial charge in [-0.25, -0.2) is 0 Å². The summed E-state index contributed by atoms with van der Waals surface area (Å²) in [5.74, 6) is 2.68. The number of ketones is 1. The van der Waals surface area contributed by atoms with Crippen LogP contribution in [0.1, 0.15) is 63.0 Å². The Balaban J connectivity index is 1.65. The second kappa shape index (κ2) is 5.19. The number of aryl methyl sites for hydroxylation is 1. The van der Waals surface area contributed by atoms with E-state index in [0.717, 1.165) is 38.5 Å². The van der Waals surface area contributed by atoms with Gasteiger partial charge in [0.15, 0.2) is 0 Å². The summed E-state index contributed by atoms with van der Waals surface area (Å²) in [6, 6.07) is 6.13. The van der Waals surface area contributed by atoms with Crippen LogP contribution in [-0.2, 0) is 16.0 Å². The summed E-state index contributed by atoms with van der Waals surface area (Å²) in [5, 5.41) is 0. The summed E-state index contributed by atoms with van der Waals surface area (Å²) < 4.78 is 5.23. The average Bonchev–Trinajstić information content (AvgIpc) is 2.82. The van der Waals surface area contributed by atoms with Crippen LogP contribution < -0.4 is 4.74 Å². The second-order valence-corrected chi connectivity index (χ2v) is 7.79. The molecule has 0 radical (unpaired) electrons. The maximum absolute atomic E-state index is 12.3. The standard InChI is InChI=1S/C20H24O3/c1-12(21)23-14-4-6-15-13(11-14)3-5-17-16(15)9-10-20(2)18(17)7-8-19(20)22/h4,6,11,16-18H,3,5,7-10H2,1-2H3/t16-,17-,18+,20-/m0/s1. The number of ether oxygens (including phenoxy) is 1. The summed E-state index contributed by atoms with van der Waals surface area (Å²) in [5.41, 5.74) is 2.70. The van der Waals surface area contributed by atoms with Crippen molar-refractivity contribution in [1.82, 2.24) is 0 Å². The molecule has 0 amide bonds. The minimum atomic E-state index is -0.267. The molecule has 1 aromatic carbocycles. The molecule has 3 nitrogen and oxygen atoms in total. The van der Waals surface area contributed by atoms with Crippen molar-refractivity contribution in [3.05, 3.63) is 29.3 Å². The molecule has 0 aliphatic heterocycles. The van der Waals surface area contributed by atoms with Crippen molar-refractivity contribution in [3.8, 4) is 5.75 Å². The molecular weight excluding hydrogens is 288 g/mol. The highest BCUT2D eigenvalue weighted by atomic mass is 16.5. The van der Waals surface area contributed by atoms with E-state index < -0.39 is 0 Å². The zero-order chi connectivity index (χ0) is 16.2. The molecule has 0 aromatic heterocycles. The van der Waals surface area contributed by atoms with Gasteiger partial charge >= 0.3 is 5.97 Å². The van der Waals surface area contributed by atoms with E-state index in [1.807, 2.05) is 12.1 Å². The summed E-state index contributed by atoms with van der Waals surface area (Å²) in [4.78, 5) is 23.5. The van der Waals surface area contributed by atoms with Crippen LogP contribution in [-0.4, -0.2) is 11.8 Å². The third-order valence-electron chi connectivity index (χ3n) is 6.67. The number of benzene rings is 1. The van der Waals surface area contributed by atoms with Crippen molar-refractivity contribution in [2.45, 2.75) is 58.3 Å². The van der Waals surface area contributed by atoms with Gasteiger partial charge < -0.3 is 4.74 Å². The number of hydrogen-bond acceptors (Lipinski definition) is 3. The first-order valence-electron chi connectivity index (χ1n) is 8.83. The van der Waals surface area contributed by atoms with E-state index in [4.69, 9.17) is 4.74 Å². The smallest absolute Gasteiger partial charge is 0.308 e. The number of fused-ring (bicyclic) bond motifs is 5. The molecule has 3 aliphatic rings. The van der Waals surface area contributed by atoms with E-state index in [1.165, 1.54) is 18.1 Å². The predicted octanol–water partition coefficient (Wildman–Crippen LogP) is 4.04. The molecule has 1 aromatic rings. The zero-order valence-electron chi connectivity index (χ0n) is 13.9. The van der Waals surface area contributed by atoms with Gasteiger partial charge in [0.25, 0.3) is 0 Å². The van der Waals surface area contributed by atoms with Gasteiger partial charge in [0.1, 0.15) is 11.5 Å². The normalized spacial score (nSPS) is 35.2. The monoisotopic (exact) mass is 312 g/mol. The number of Topliss-reactive ketones (excluding diaryl/α,β-unsaturated/α-hetero) is 1. The summed E-state index contributed by atoms with van der Waals surface area (Å²) in [7, 11) is 0. The van der Waals surface area contributed by atoms with Gasteiger partial charge in [-0.05, 0) is 73.1 Å². The maximum atomic E-state index is 12.3. The Hall–Kier alpha value is -1.64. The molecule has 0 N–H and O–H groups in total. The van der Waals surface area contributed by atoms with E-state index in [-0.39, 0.29) is 11.4 Å². The van der Waals surface area contributed by atoms with Crippen molar-refractivity contribution in [2.24, 2.45) is 17.3 Å². The van der Waals surface area contributed by atoms with Gasteiger partial charge in [0, 0.05) is 18.8 Å². The van der Waals surface area contributed by atoms with Crippen molar-refractivity contribution >= 4 is 11.8 Å². The van der Waals surface area contributed by atoms with Crippen LogP contribution in [0.25, 0.3) is 0 Å². The van der Waals surface area contributed by atoms with Crippen LogP contribution in [0.3, 0.4) is 0 Å². The Morgan fingerprint density at radius 3 is 2.83 bits per heavy atom. The topological polar surface area (TPSA) is 43.4 Å². The summed E-state index contributed by atoms with van der Waals surface area (Å²) in [6.45, 7) is 3.65. The highest BCUT2D eigenvalue weighted by Crippen LogP contribution is 2.59. The molecule has 4 atom stereocenters. The van der Waals surface area contributed by atoms with Gasteiger partial charge in [-0.2, -0.15) is 0 Å². The average molecular weight is 312 g/mol. The van der Waals surface area contributed by atoms with Crippen LogP contribution in [0.15, 0.2) is 18.2 Å². The maximum Gasteiger partial charge on any atom is 0.308 e. The fourth-order valence-electron chi connectivity index (χ4n) is 5.56. The molecule has 4 rings (SSSR count). The first-order valence-corrected chi connectivity index (χ1v) is 8.83. The van der Waals surface area contributed by atoms with Crippen LogP contribution in [0, 0.1) is 17.3 Å².